The normalized spacial score (nSPS) is 14.6. The van der Waals surface area contributed by atoms with E-state index in [0.29, 0.717) is 23.7 Å². The molecule has 4 heteroatoms. The molecule has 0 bridgehead atoms. The number of halogens is 3. The van der Waals surface area contributed by atoms with Crippen molar-refractivity contribution in [3.05, 3.63) is 59.4 Å². The van der Waals surface area contributed by atoms with Gasteiger partial charge in [0.25, 0.3) is 0 Å². The second-order valence-corrected chi connectivity index (χ2v) is 5.10. The number of hydrogen-bond acceptors (Lipinski definition) is 1. The summed E-state index contributed by atoms with van der Waals surface area (Å²) in [7, 11) is 0. The molecular weight excluding hydrogens is 263 g/mol. The molecule has 3 rings (SSSR count). The lowest BCUT2D eigenvalue weighted by molar-refractivity contribution is 0.509. The molecule has 0 unspecified atom stereocenters. The van der Waals surface area contributed by atoms with Crippen LogP contribution in [0.3, 0.4) is 0 Å². The average Bonchev–Trinajstić information content (AvgIpc) is 3.25. The Morgan fingerprint density at radius 2 is 1.65 bits per heavy atom. The fourth-order valence-electron chi connectivity index (χ4n) is 2.12. The first kappa shape index (κ1) is 13.2. The second kappa shape index (κ2) is 5.29. The Hall–Kier alpha value is -1.81. The van der Waals surface area contributed by atoms with E-state index in [-0.39, 0.29) is 0 Å². The van der Waals surface area contributed by atoms with Crippen LogP contribution in [0.15, 0.2) is 36.4 Å². The zero-order valence-corrected chi connectivity index (χ0v) is 10.8. The van der Waals surface area contributed by atoms with Crippen molar-refractivity contribution in [1.82, 2.24) is 5.32 Å². The van der Waals surface area contributed by atoms with Gasteiger partial charge in [-0.15, -0.1) is 0 Å². The minimum absolute atomic E-state index is 0.291. The van der Waals surface area contributed by atoms with Crippen molar-refractivity contribution in [2.45, 2.75) is 25.4 Å². The van der Waals surface area contributed by atoms with Gasteiger partial charge in [-0.1, -0.05) is 12.1 Å². The van der Waals surface area contributed by atoms with Crippen LogP contribution in [0.5, 0.6) is 0 Å². The lowest BCUT2D eigenvalue weighted by atomic mass is 10.0. The molecule has 2 aromatic rings. The van der Waals surface area contributed by atoms with Crippen molar-refractivity contribution in [1.29, 1.82) is 0 Å². The number of nitrogens with one attached hydrogen (secondary N) is 1. The van der Waals surface area contributed by atoms with Crippen LogP contribution in [0.2, 0.25) is 0 Å². The smallest absolute Gasteiger partial charge is 0.159 e. The predicted molar refractivity (Wildman–Crippen MR) is 71.6 cm³/mol. The Bertz CT molecular complexity index is 636. The van der Waals surface area contributed by atoms with E-state index in [1.165, 1.54) is 25.0 Å². The van der Waals surface area contributed by atoms with Crippen LogP contribution in [0, 0.1) is 17.5 Å². The standard InChI is InChI=1S/C16H14F3N/c17-14-5-1-10(9-20-12-3-4-12)7-13(14)11-2-6-15(18)16(19)8-11/h1-2,5-8,12,20H,3-4,9H2. The summed E-state index contributed by atoms with van der Waals surface area (Å²) in [5.41, 5.74) is 1.56. The third-order valence-electron chi connectivity index (χ3n) is 3.43. The van der Waals surface area contributed by atoms with E-state index in [1.54, 1.807) is 12.1 Å². The molecule has 0 amide bonds. The predicted octanol–water partition coefficient (Wildman–Crippen LogP) is 4.02. The minimum atomic E-state index is -0.969. The lowest BCUT2D eigenvalue weighted by Gasteiger charge is -2.08. The van der Waals surface area contributed by atoms with Gasteiger partial charge in [0, 0.05) is 18.2 Å². The van der Waals surface area contributed by atoms with Gasteiger partial charge in [0.15, 0.2) is 11.6 Å². The zero-order chi connectivity index (χ0) is 14.1. The summed E-state index contributed by atoms with van der Waals surface area (Å²) in [5, 5.41) is 3.33. The first-order valence-electron chi connectivity index (χ1n) is 6.61. The Kier molecular flexibility index (Phi) is 3.49. The summed E-state index contributed by atoms with van der Waals surface area (Å²) >= 11 is 0. The lowest BCUT2D eigenvalue weighted by Crippen LogP contribution is -2.15. The summed E-state index contributed by atoms with van der Waals surface area (Å²) in [6.07, 6.45) is 2.36. The SMILES string of the molecule is Fc1ccc(-c2cc(CNC3CC3)ccc2F)cc1F. The van der Waals surface area contributed by atoms with Gasteiger partial charge in [-0.3, -0.25) is 0 Å². The zero-order valence-electron chi connectivity index (χ0n) is 10.8. The monoisotopic (exact) mass is 277 g/mol. The molecule has 0 aliphatic heterocycles. The highest BCUT2D eigenvalue weighted by molar-refractivity contribution is 5.65. The van der Waals surface area contributed by atoms with Crippen molar-refractivity contribution in [3.63, 3.8) is 0 Å². The highest BCUT2D eigenvalue weighted by Gasteiger charge is 2.20. The molecule has 0 saturated heterocycles. The van der Waals surface area contributed by atoms with Gasteiger partial charge in [0.05, 0.1) is 0 Å². The average molecular weight is 277 g/mol. The van der Waals surface area contributed by atoms with Gasteiger partial charge in [-0.05, 0) is 48.2 Å². The van der Waals surface area contributed by atoms with E-state index in [4.69, 9.17) is 0 Å². The first-order valence-corrected chi connectivity index (χ1v) is 6.61. The van der Waals surface area contributed by atoms with Gasteiger partial charge in [0.1, 0.15) is 5.82 Å². The Morgan fingerprint density at radius 3 is 2.35 bits per heavy atom. The van der Waals surface area contributed by atoms with E-state index in [1.807, 2.05) is 0 Å². The van der Waals surface area contributed by atoms with Crippen LogP contribution in [0.1, 0.15) is 18.4 Å². The fraction of sp³-hybridized carbons (Fsp3) is 0.250. The van der Waals surface area contributed by atoms with Crippen LogP contribution >= 0.6 is 0 Å². The van der Waals surface area contributed by atoms with E-state index in [0.717, 1.165) is 17.7 Å². The van der Waals surface area contributed by atoms with E-state index >= 15 is 0 Å². The molecule has 20 heavy (non-hydrogen) atoms. The fourth-order valence-corrected chi connectivity index (χ4v) is 2.12. The molecule has 104 valence electrons. The third-order valence-corrected chi connectivity index (χ3v) is 3.43. The largest absolute Gasteiger partial charge is 0.310 e. The summed E-state index contributed by atoms with van der Waals surface area (Å²) in [5.74, 6) is -2.34. The highest BCUT2D eigenvalue weighted by atomic mass is 19.2. The molecule has 1 fully saturated rings. The molecule has 2 aromatic carbocycles. The summed E-state index contributed by atoms with van der Waals surface area (Å²) in [6.45, 7) is 0.654. The van der Waals surface area contributed by atoms with Crippen molar-refractivity contribution in [2.24, 2.45) is 0 Å². The van der Waals surface area contributed by atoms with Crippen LogP contribution in [0.25, 0.3) is 11.1 Å². The van der Waals surface area contributed by atoms with Gasteiger partial charge < -0.3 is 5.32 Å². The summed E-state index contributed by atoms with van der Waals surface area (Å²) in [4.78, 5) is 0. The molecule has 0 spiro atoms. The van der Waals surface area contributed by atoms with Crippen LogP contribution in [0.4, 0.5) is 13.2 Å². The van der Waals surface area contributed by atoms with Crippen LogP contribution in [-0.2, 0) is 6.54 Å². The Balaban J connectivity index is 1.89. The molecule has 1 aliphatic carbocycles. The second-order valence-electron chi connectivity index (χ2n) is 5.10. The van der Waals surface area contributed by atoms with Crippen LogP contribution in [-0.4, -0.2) is 6.04 Å². The third kappa shape index (κ3) is 2.85. The van der Waals surface area contributed by atoms with E-state index in [9.17, 15) is 13.2 Å². The molecule has 1 N–H and O–H groups in total. The highest BCUT2D eigenvalue weighted by Crippen LogP contribution is 2.26. The van der Waals surface area contributed by atoms with Gasteiger partial charge in [-0.2, -0.15) is 0 Å². The maximum absolute atomic E-state index is 13.9. The summed E-state index contributed by atoms with van der Waals surface area (Å²) in [6, 6.07) is 8.72. The van der Waals surface area contributed by atoms with E-state index < -0.39 is 17.5 Å². The molecular formula is C16H14F3N. The number of benzene rings is 2. The number of rotatable bonds is 4. The van der Waals surface area contributed by atoms with E-state index in [2.05, 4.69) is 5.32 Å². The number of hydrogen-bond donors (Lipinski definition) is 1. The van der Waals surface area contributed by atoms with Gasteiger partial charge in [0.2, 0.25) is 0 Å². The van der Waals surface area contributed by atoms with Crippen LogP contribution < -0.4 is 5.32 Å². The maximum Gasteiger partial charge on any atom is 0.159 e. The molecule has 1 saturated carbocycles. The van der Waals surface area contributed by atoms with Crippen molar-refractivity contribution in [3.8, 4) is 11.1 Å². The molecule has 0 aromatic heterocycles. The maximum atomic E-state index is 13.9. The molecule has 1 nitrogen and oxygen atoms in total. The molecule has 0 atom stereocenters. The summed E-state index contributed by atoms with van der Waals surface area (Å²) < 4.78 is 40.0. The first-order chi connectivity index (χ1) is 9.63. The van der Waals surface area contributed by atoms with Gasteiger partial charge in [-0.25, -0.2) is 13.2 Å². The molecule has 0 heterocycles. The quantitative estimate of drug-likeness (QED) is 0.890. The van der Waals surface area contributed by atoms with Crippen molar-refractivity contribution in [2.75, 3.05) is 0 Å². The molecule has 0 radical (unpaired) electrons. The Labute approximate surface area is 115 Å². The van der Waals surface area contributed by atoms with Crippen molar-refractivity contribution < 1.29 is 13.2 Å². The van der Waals surface area contributed by atoms with Crippen molar-refractivity contribution >= 4 is 0 Å². The topological polar surface area (TPSA) is 12.0 Å². The minimum Gasteiger partial charge on any atom is -0.310 e. The van der Waals surface area contributed by atoms with Gasteiger partial charge >= 0.3 is 0 Å². The Morgan fingerprint density at radius 1 is 0.900 bits per heavy atom. The molecule has 1 aliphatic rings.